The minimum atomic E-state index is -0.368. The van der Waals surface area contributed by atoms with Crippen molar-refractivity contribution in [2.75, 3.05) is 0 Å². The lowest BCUT2D eigenvalue weighted by atomic mass is 10.1. The number of hydrogen-bond acceptors (Lipinski definition) is 4. The number of nitrogens with zero attached hydrogens (tertiary/aromatic N) is 1. The molecule has 5 heteroatoms. The lowest BCUT2D eigenvalue weighted by Gasteiger charge is -1.97. The van der Waals surface area contributed by atoms with E-state index in [1.165, 1.54) is 22.7 Å². The molecule has 0 aliphatic carbocycles. The van der Waals surface area contributed by atoms with Crippen LogP contribution in [0.25, 0.3) is 10.4 Å². The van der Waals surface area contributed by atoms with Crippen LogP contribution in [0.5, 0.6) is 0 Å². The quantitative estimate of drug-likeness (QED) is 0.850. The monoisotopic (exact) mass is 224 g/mol. The summed E-state index contributed by atoms with van der Waals surface area (Å²) in [5.74, 6) is -0.368. The summed E-state index contributed by atoms with van der Waals surface area (Å²) >= 11 is 3.04. The van der Waals surface area contributed by atoms with Crippen LogP contribution in [0.4, 0.5) is 0 Å². The number of carbonyl (C=O) groups is 1. The average Bonchev–Trinajstić information content (AvgIpc) is 2.70. The summed E-state index contributed by atoms with van der Waals surface area (Å²) in [5, 5.41) is 1.95. The molecule has 0 atom stereocenters. The second-order valence-corrected chi connectivity index (χ2v) is 4.78. The molecule has 72 valence electrons. The van der Waals surface area contributed by atoms with Crippen LogP contribution in [0.1, 0.15) is 15.2 Å². The Bertz CT molecular complexity index is 459. The van der Waals surface area contributed by atoms with Crippen molar-refractivity contribution in [3.05, 3.63) is 27.5 Å². The molecule has 2 N–H and O–H groups in total. The van der Waals surface area contributed by atoms with Crippen LogP contribution in [0, 0.1) is 6.92 Å². The van der Waals surface area contributed by atoms with Gasteiger partial charge in [-0.2, -0.15) is 0 Å². The summed E-state index contributed by atoms with van der Waals surface area (Å²) in [6, 6.07) is 0. The van der Waals surface area contributed by atoms with Gasteiger partial charge in [0.15, 0.2) is 0 Å². The fourth-order valence-electron chi connectivity index (χ4n) is 1.29. The first-order valence-electron chi connectivity index (χ1n) is 3.97. The van der Waals surface area contributed by atoms with Crippen LogP contribution in [0.2, 0.25) is 0 Å². The Kier molecular flexibility index (Phi) is 2.35. The van der Waals surface area contributed by atoms with E-state index in [4.69, 9.17) is 5.73 Å². The third kappa shape index (κ3) is 1.44. The number of primary amides is 1. The van der Waals surface area contributed by atoms with Crippen molar-refractivity contribution < 1.29 is 4.79 Å². The van der Waals surface area contributed by atoms with E-state index in [-0.39, 0.29) is 5.91 Å². The molecule has 0 spiro atoms. The Morgan fingerprint density at radius 1 is 1.50 bits per heavy atom. The zero-order chi connectivity index (χ0) is 10.1. The molecule has 0 saturated carbocycles. The Hall–Kier alpha value is -1.20. The van der Waals surface area contributed by atoms with Gasteiger partial charge in [-0.25, -0.2) is 0 Å². The fraction of sp³-hybridized carbons (Fsp3) is 0.111. The Balaban J connectivity index is 2.60. The molecule has 3 nitrogen and oxygen atoms in total. The topological polar surface area (TPSA) is 56.0 Å². The minimum absolute atomic E-state index is 0.368. The van der Waals surface area contributed by atoms with Gasteiger partial charge >= 0.3 is 0 Å². The Morgan fingerprint density at radius 3 is 2.86 bits per heavy atom. The second kappa shape index (κ2) is 3.51. The van der Waals surface area contributed by atoms with E-state index >= 15 is 0 Å². The van der Waals surface area contributed by atoms with Crippen molar-refractivity contribution in [3.8, 4) is 10.4 Å². The summed E-state index contributed by atoms with van der Waals surface area (Å²) in [7, 11) is 0. The van der Waals surface area contributed by atoms with Gasteiger partial charge in [-0.15, -0.1) is 22.7 Å². The number of aromatic nitrogens is 1. The molecule has 2 heterocycles. The molecular formula is C9H8N2OS2. The normalized spacial score (nSPS) is 10.4. The van der Waals surface area contributed by atoms with Crippen molar-refractivity contribution in [3.63, 3.8) is 0 Å². The second-order valence-electron chi connectivity index (χ2n) is 2.81. The highest BCUT2D eigenvalue weighted by atomic mass is 32.1. The summed E-state index contributed by atoms with van der Waals surface area (Å²) in [6.45, 7) is 1.90. The van der Waals surface area contributed by atoms with Crippen molar-refractivity contribution in [2.45, 2.75) is 6.92 Å². The third-order valence-electron chi connectivity index (χ3n) is 1.92. The largest absolute Gasteiger partial charge is 0.366 e. The first-order chi connectivity index (χ1) is 6.70. The molecule has 2 aromatic heterocycles. The van der Waals surface area contributed by atoms with Gasteiger partial charge < -0.3 is 5.73 Å². The molecule has 0 bridgehead atoms. The maximum Gasteiger partial charge on any atom is 0.250 e. The lowest BCUT2D eigenvalue weighted by molar-refractivity contribution is 0.100. The number of hydrogen-bond donors (Lipinski definition) is 1. The number of nitrogens with two attached hydrogens (primary N) is 1. The smallest absolute Gasteiger partial charge is 0.250 e. The van der Waals surface area contributed by atoms with E-state index in [1.807, 2.05) is 12.3 Å². The summed E-state index contributed by atoms with van der Waals surface area (Å²) in [5.41, 5.74) is 8.59. The molecule has 0 fully saturated rings. The van der Waals surface area contributed by atoms with E-state index in [0.29, 0.717) is 5.56 Å². The third-order valence-corrected chi connectivity index (χ3v) is 3.64. The molecule has 0 aliphatic rings. The zero-order valence-electron chi connectivity index (χ0n) is 7.48. The van der Waals surface area contributed by atoms with Crippen LogP contribution in [-0.4, -0.2) is 10.9 Å². The first-order valence-corrected chi connectivity index (χ1v) is 5.73. The van der Waals surface area contributed by atoms with Gasteiger partial charge in [0, 0.05) is 22.0 Å². The molecule has 0 aliphatic heterocycles. The number of amides is 1. The van der Waals surface area contributed by atoms with Gasteiger partial charge in [0.1, 0.15) is 0 Å². The maximum absolute atomic E-state index is 11.2. The Morgan fingerprint density at radius 2 is 2.29 bits per heavy atom. The molecule has 0 saturated heterocycles. The van der Waals surface area contributed by atoms with E-state index in [0.717, 1.165) is 15.3 Å². The predicted molar refractivity (Wildman–Crippen MR) is 58.7 cm³/mol. The van der Waals surface area contributed by atoms with E-state index in [1.54, 1.807) is 11.7 Å². The molecule has 0 aromatic carbocycles. The van der Waals surface area contributed by atoms with E-state index in [9.17, 15) is 4.79 Å². The highest BCUT2D eigenvalue weighted by Gasteiger charge is 2.15. The number of rotatable bonds is 2. The number of carbonyl (C=O) groups excluding carboxylic acids is 1. The molecule has 1 amide bonds. The predicted octanol–water partition coefficient (Wildman–Crippen LogP) is 2.28. The van der Waals surface area contributed by atoms with Gasteiger partial charge in [-0.3, -0.25) is 9.78 Å². The SMILES string of the molecule is Cc1scc(-c2cncs2)c1C(N)=O. The van der Waals surface area contributed by atoms with Crippen LogP contribution in [-0.2, 0) is 0 Å². The molecule has 0 unspecified atom stereocenters. The van der Waals surface area contributed by atoms with Gasteiger partial charge in [0.25, 0.3) is 0 Å². The van der Waals surface area contributed by atoms with Crippen LogP contribution in [0.15, 0.2) is 17.1 Å². The standard InChI is InChI=1S/C9H8N2OS2/c1-5-8(9(10)12)6(3-13-5)7-2-11-4-14-7/h2-4H,1H3,(H2,10,12). The van der Waals surface area contributed by atoms with Crippen LogP contribution < -0.4 is 5.73 Å². The molecule has 2 rings (SSSR count). The zero-order valence-corrected chi connectivity index (χ0v) is 9.11. The van der Waals surface area contributed by atoms with Crippen molar-refractivity contribution in [1.82, 2.24) is 4.98 Å². The number of thiophene rings is 1. The van der Waals surface area contributed by atoms with Crippen molar-refractivity contribution in [2.24, 2.45) is 5.73 Å². The van der Waals surface area contributed by atoms with Crippen molar-refractivity contribution in [1.29, 1.82) is 0 Å². The van der Waals surface area contributed by atoms with Gasteiger partial charge in [0.05, 0.1) is 16.0 Å². The average molecular weight is 224 g/mol. The van der Waals surface area contributed by atoms with E-state index in [2.05, 4.69) is 4.98 Å². The summed E-state index contributed by atoms with van der Waals surface area (Å²) < 4.78 is 0. The van der Waals surface area contributed by atoms with Crippen molar-refractivity contribution >= 4 is 28.6 Å². The van der Waals surface area contributed by atoms with Gasteiger partial charge in [-0.05, 0) is 6.92 Å². The highest BCUT2D eigenvalue weighted by molar-refractivity contribution is 7.14. The molecule has 14 heavy (non-hydrogen) atoms. The van der Waals surface area contributed by atoms with Crippen LogP contribution in [0.3, 0.4) is 0 Å². The highest BCUT2D eigenvalue weighted by Crippen LogP contribution is 2.32. The number of thiazole rings is 1. The molecular weight excluding hydrogens is 216 g/mol. The molecule has 2 aromatic rings. The Labute approximate surface area is 89.2 Å². The maximum atomic E-state index is 11.2. The van der Waals surface area contributed by atoms with Gasteiger partial charge in [0.2, 0.25) is 5.91 Å². The fourth-order valence-corrected chi connectivity index (χ4v) is 2.88. The first kappa shape index (κ1) is 9.36. The van der Waals surface area contributed by atoms with Crippen LogP contribution >= 0.6 is 22.7 Å². The van der Waals surface area contributed by atoms with E-state index < -0.39 is 0 Å². The molecule has 0 radical (unpaired) electrons. The summed E-state index contributed by atoms with van der Waals surface area (Å²) in [6.07, 6.45) is 1.75. The summed E-state index contributed by atoms with van der Waals surface area (Å²) in [4.78, 5) is 17.1. The number of aryl methyl sites for hydroxylation is 1. The van der Waals surface area contributed by atoms with Gasteiger partial charge in [-0.1, -0.05) is 0 Å². The lowest BCUT2D eigenvalue weighted by Crippen LogP contribution is -2.12. The minimum Gasteiger partial charge on any atom is -0.366 e.